The van der Waals surface area contributed by atoms with Crippen molar-refractivity contribution in [3.05, 3.63) is 35.9 Å². The normalized spacial score (nSPS) is 26.4. The van der Waals surface area contributed by atoms with Crippen LogP contribution < -0.4 is 0 Å². The van der Waals surface area contributed by atoms with Gasteiger partial charge < -0.3 is 9.47 Å². The zero-order valence-electron chi connectivity index (χ0n) is 11.0. The van der Waals surface area contributed by atoms with Crippen LogP contribution in [0.1, 0.15) is 37.2 Å². The number of ether oxygens (including phenoxy) is 2. The first kappa shape index (κ1) is 12.7. The molecule has 1 saturated heterocycles. The Hall–Kier alpha value is -1.37. The molecule has 3 heteroatoms. The Morgan fingerprint density at radius 2 is 2.00 bits per heavy atom. The van der Waals surface area contributed by atoms with E-state index in [1.165, 1.54) is 0 Å². The van der Waals surface area contributed by atoms with Crippen LogP contribution in [0.25, 0.3) is 0 Å². The van der Waals surface area contributed by atoms with Crippen LogP contribution in [0.2, 0.25) is 0 Å². The summed E-state index contributed by atoms with van der Waals surface area (Å²) in [5.74, 6) is -0.0991. The molecule has 1 aromatic rings. The maximum absolute atomic E-state index is 9.44. The summed E-state index contributed by atoms with van der Waals surface area (Å²) in [4.78, 5) is 0. The Balaban J connectivity index is 1.75. The second-order valence-electron chi connectivity index (χ2n) is 5.43. The highest BCUT2D eigenvalue weighted by atomic mass is 16.7. The average Bonchev–Trinajstić information content (AvgIpc) is 3.08. The standard InChI is InChI=1S/C16H19NO2/c17-12-14(13-5-2-1-3-6-13)11-15-7-4-8-16(15)18-9-10-19-16/h1-3,5-6,14-15H,4,7-11H2/t14-,15-/m1/s1. The second kappa shape index (κ2) is 5.32. The molecule has 1 aliphatic carbocycles. The number of benzene rings is 1. The Morgan fingerprint density at radius 1 is 1.26 bits per heavy atom. The van der Waals surface area contributed by atoms with Crippen molar-refractivity contribution in [2.75, 3.05) is 13.2 Å². The minimum atomic E-state index is -0.385. The van der Waals surface area contributed by atoms with Crippen molar-refractivity contribution in [1.29, 1.82) is 5.26 Å². The van der Waals surface area contributed by atoms with Crippen molar-refractivity contribution in [3.63, 3.8) is 0 Å². The Morgan fingerprint density at radius 3 is 2.68 bits per heavy atom. The lowest BCUT2D eigenvalue weighted by molar-refractivity contribution is -0.182. The first-order valence-corrected chi connectivity index (χ1v) is 7.06. The fourth-order valence-electron chi connectivity index (χ4n) is 3.40. The van der Waals surface area contributed by atoms with E-state index in [-0.39, 0.29) is 11.7 Å². The number of hydrogen-bond donors (Lipinski definition) is 0. The molecule has 0 radical (unpaired) electrons. The number of rotatable bonds is 3. The molecule has 2 aliphatic rings. The molecule has 0 unspecified atom stereocenters. The van der Waals surface area contributed by atoms with Gasteiger partial charge in [-0.25, -0.2) is 0 Å². The number of nitriles is 1. The summed E-state index contributed by atoms with van der Waals surface area (Å²) in [5, 5.41) is 9.44. The summed E-state index contributed by atoms with van der Waals surface area (Å²) < 4.78 is 11.7. The van der Waals surface area contributed by atoms with Gasteiger partial charge in [-0.1, -0.05) is 30.3 Å². The third-order valence-electron chi connectivity index (χ3n) is 4.35. The van der Waals surface area contributed by atoms with E-state index in [0.29, 0.717) is 19.1 Å². The zero-order valence-corrected chi connectivity index (χ0v) is 11.0. The second-order valence-corrected chi connectivity index (χ2v) is 5.43. The van der Waals surface area contributed by atoms with Gasteiger partial charge in [-0.05, 0) is 24.8 Å². The summed E-state index contributed by atoms with van der Waals surface area (Å²) in [6, 6.07) is 12.5. The third-order valence-corrected chi connectivity index (χ3v) is 4.35. The molecule has 0 amide bonds. The summed E-state index contributed by atoms with van der Waals surface area (Å²) in [7, 11) is 0. The highest BCUT2D eigenvalue weighted by molar-refractivity contribution is 5.25. The van der Waals surface area contributed by atoms with Crippen LogP contribution in [0.15, 0.2) is 30.3 Å². The third kappa shape index (κ3) is 2.39. The topological polar surface area (TPSA) is 42.2 Å². The van der Waals surface area contributed by atoms with E-state index in [1.54, 1.807) is 0 Å². The molecule has 1 heterocycles. The van der Waals surface area contributed by atoms with E-state index in [2.05, 4.69) is 6.07 Å². The van der Waals surface area contributed by atoms with E-state index in [9.17, 15) is 5.26 Å². The molecule has 3 rings (SSSR count). The molecule has 2 fully saturated rings. The van der Waals surface area contributed by atoms with E-state index in [4.69, 9.17) is 9.47 Å². The molecule has 0 N–H and O–H groups in total. The summed E-state index contributed by atoms with van der Waals surface area (Å²) in [6.07, 6.45) is 4.05. The van der Waals surface area contributed by atoms with Gasteiger partial charge in [0.2, 0.25) is 0 Å². The predicted molar refractivity (Wildman–Crippen MR) is 71.4 cm³/mol. The maximum Gasteiger partial charge on any atom is 0.171 e. The van der Waals surface area contributed by atoms with Crippen LogP contribution >= 0.6 is 0 Å². The monoisotopic (exact) mass is 257 g/mol. The van der Waals surface area contributed by atoms with Gasteiger partial charge in [0.25, 0.3) is 0 Å². The van der Waals surface area contributed by atoms with Crippen molar-refractivity contribution in [3.8, 4) is 6.07 Å². The molecule has 3 nitrogen and oxygen atoms in total. The molecule has 2 atom stereocenters. The molecule has 19 heavy (non-hydrogen) atoms. The lowest BCUT2D eigenvalue weighted by Crippen LogP contribution is -2.35. The molecule has 1 aliphatic heterocycles. The van der Waals surface area contributed by atoms with Crippen molar-refractivity contribution < 1.29 is 9.47 Å². The Bertz CT molecular complexity index is 454. The highest BCUT2D eigenvalue weighted by Crippen LogP contribution is 2.46. The van der Waals surface area contributed by atoms with Crippen LogP contribution in [0, 0.1) is 17.2 Å². The van der Waals surface area contributed by atoms with Crippen LogP contribution in [-0.4, -0.2) is 19.0 Å². The predicted octanol–water partition coefficient (Wildman–Crippen LogP) is 3.23. The summed E-state index contributed by atoms with van der Waals surface area (Å²) in [6.45, 7) is 1.39. The molecule has 100 valence electrons. The van der Waals surface area contributed by atoms with E-state index in [1.807, 2.05) is 30.3 Å². The van der Waals surface area contributed by atoms with E-state index in [0.717, 1.165) is 31.2 Å². The lowest BCUT2D eigenvalue weighted by atomic mass is 9.86. The minimum absolute atomic E-state index is 0.0611. The maximum atomic E-state index is 9.44. The van der Waals surface area contributed by atoms with Gasteiger partial charge in [-0.15, -0.1) is 0 Å². The first-order valence-electron chi connectivity index (χ1n) is 7.06. The van der Waals surface area contributed by atoms with Crippen molar-refractivity contribution in [2.45, 2.75) is 37.4 Å². The van der Waals surface area contributed by atoms with Crippen molar-refractivity contribution in [2.24, 2.45) is 5.92 Å². The van der Waals surface area contributed by atoms with Gasteiger partial charge in [0.05, 0.1) is 25.2 Å². The summed E-state index contributed by atoms with van der Waals surface area (Å²) >= 11 is 0. The van der Waals surface area contributed by atoms with Crippen LogP contribution in [0.4, 0.5) is 0 Å². The van der Waals surface area contributed by atoms with Gasteiger partial charge in [-0.3, -0.25) is 0 Å². The Labute approximate surface area is 114 Å². The largest absolute Gasteiger partial charge is 0.347 e. The molecular weight excluding hydrogens is 238 g/mol. The van der Waals surface area contributed by atoms with Crippen molar-refractivity contribution in [1.82, 2.24) is 0 Å². The number of hydrogen-bond acceptors (Lipinski definition) is 3. The van der Waals surface area contributed by atoms with Gasteiger partial charge in [0, 0.05) is 12.3 Å². The molecule has 0 aromatic heterocycles. The first-order chi connectivity index (χ1) is 9.34. The highest BCUT2D eigenvalue weighted by Gasteiger charge is 2.48. The van der Waals surface area contributed by atoms with Gasteiger partial charge in [0.1, 0.15) is 0 Å². The lowest BCUT2D eigenvalue weighted by Gasteiger charge is -2.30. The van der Waals surface area contributed by atoms with Gasteiger partial charge in [0.15, 0.2) is 5.79 Å². The smallest absolute Gasteiger partial charge is 0.171 e. The molecule has 0 bridgehead atoms. The fraction of sp³-hybridized carbons (Fsp3) is 0.562. The van der Waals surface area contributed by atoms with Crippen LogP contribution in [0.5, 0.6) is 0 Å². The average molecular weight is 257 g/mol. The fourth-order valence-corrected chi connectivity index (χ4v) is 3.40. The zero-order chi connectivity index (χ0) is 13.1. The van der Waals surface area contributed by atoms with Crippen LogP contribution in [0.3, 0.4) is 0 Å². The molecule has 1 aromatic carbocycles. The SMILES string of the molecule is N#C[C@@H](C[C@H]1CCCC12OCCO2)c1ccccc1. The Kier molecular flexibility index (Phi) is 3.54. The van der Waals surface area contributed by atoms with E-state index >= 15 is 0 Å². The van der Waals surface area contributed by atoms with E-state index < -0.39 is 0 Å². The van der Waals surface area contributed by atoms with Gasteiger partial charge in [-0.2, -0.15) is 5.26 Å². The molecular formula is C16H19NO2. The summed E-state index contributed by atoms with van der Waals surface area (Å²) in [5.41, 5.74) is 1.10. The quantitative estimate of drug-likeness (QED) is 0.835. The molecule has 1 spiro atoms. The molecule has 1 saturated carbocycles. The van der Waals surface area contributed by atoms with Crippen molar-refractivity contribution >= 4 is 0 Å². The van der Waals surface area contributed by atoms with Gasteiger partial charge >= 0.3 is 0 Å². The number of nitrogens with zero attached hydrogens (tertiary/aromatic N) is 1. The minimum Gasteiger partial charge on any atom is -0.347 e. The van der Waals surface area contributed by atoms with Crippen LogP contribution in [-0.2, 0) is 9.47 Å².